The molecule has 4 heterocycles. The van der Waals surface area contributed by atoms with Gasteiger partial charge in [-0.05, 0) is 25.5 Å². The number of nitrogens with two attached hydrogens (primary N) is 1. The molecular weight excluding hydrogens is 502 g/mol. The van der Waals surface area contributed by atoms with E-state index < -0.39 is 5.91 Å². The molecule has 0 aliphatic carbocycles. The maximum Gasteiger partial charge on any atom is 0.325 e. The number of anilines is 1. The van der Waals surface area contributed by atoms with Gasteiger partial charge in [-0.25, -0.2) is 9.97 Å². The molecule has 0 saturated carbocycles. The van der Waals surface area contributed by atoms with Crippen LogP contribution >= 0.6 is 22.9 Å². The van der Waals surface area contributed by atoms with Crippen molar-refractivity contribution >= 4 is 55.7 Å². The van der Waals surface area contributed by atoms with E-state index in [1.54, 1.807) is 0 Å². The SMILES string of the molecule is CCCNc1c(C(N)=O)sc2ccc3nc(Oc4nc(C)c(CN5CCOCC5)c(Cl)n4)cnc3c12. The number of aromatic nitrogens is 4. The van der Waals surface area contributed by atoms with Gasteiger partial charge in [0.25, 0.3) is 5.91 Å². The van der Waals surface area contributed by atoms with Crippen molar-refractivity contribution < 1.29 is 14.3 Å². The van der Waals surface area contributed by atoms with Gasteiger partial charge in [0.15, 0.2) is 0 Å². The Bertz CT molecular complexity index is 1420. The summed E-state index contributed by atoms with van der Waals surface area (Å²) in [5, 5.41) is 4.50. The Morgan fingerprint density at radius 3 is 2.81 bits per heavy atom. The van der Waals surface area contributed by atoms with E-state index >= 15 is 0 Å². The van der Waals surface area contributed by atoms with Gasteiger partial charge in [-0.15, -0.1) is 11.3 Å². The summed E-state index contributed by atoms with van der Waals surface area (Å²) in [6, 6.07) is 3.85. The number of fused-ring (bicyclic) bond motifs is 3. The number of hydrogen-bond acceptors (Lipinski definition) is 10. The smallest absolute Gasteiger partial charge is 0.325 e. The van der Waals surface area contributed by atoms with Crippen molar-refractivity contribution in [2.75, 3.05) is 38.2 Å². The van der Waals surface area contributed by atoms with Crippen molar-refractivity contribution in [1.29, 1.82) is 0 Å². The third kappa shape index (κ3) is 4.92. The largest absolute Gasteiger partial charge is 0.403 e. The molecule has 0 radical (unpaired) electrons. The fourth-order valence-corrected chi connectivity index (χ4v) is 5.43. The predicted octanol–water partition coefficient (Wildman–Crippen LogP) is 4.14. The van der Waals surface area contributed by atoms with Gasteiger partial charge >= 0.3 is 6.01 Å². The molecule has 3 aromatic heterocycles. The van der Waals surface area contributed by atoms with Crippen molar-refractivity contribution in [1.82, 2.24) is 24.8 Å². The van der Waals surface area contributed by atoms with Gasteiger partial charge in [-0.2, -0.15) is 9.97 Å². The van der Waals surface area contributed by atoms with Crippen LogP contribution in [0.15, 0.2) is 18.3 Å². The number of benzene rings is 1. The number of carbonyl (C=O) groups is 1. The van der Waals surface area contributed by atoms with Crippen LogP contribution in [0.25, 0.3) is 21.1 Å². The zero-order valence-corrected chi connectivity index (χ0v) is 21.6. The Balaban J connectivity index is 1.44. The molecule has 1 aromatic carbocycles. The van der Waals surface area contributed by atoms with Gasteiger partial charge in [0.2, 0.25) is 5.88 Å². The minimum atomic E-state index is -0.475. The van der Waals surface area contributed by atoms with Crippen LogP contribution in [0.1, 0.15) is 34.3 Å². The number of aryl methyl sites for hydroxylation is 1. The third-order valence-corrected chi connectivity index (χ3v) is 7.42. The fourth-order valence-electron chi connectivity index (χ4n) is 4.13. The molecule has 1 aliphatic rings. The van der Waals surface area contributed by atoms with Gasteiger partial charge in [-0.3, -0.25) is 9.69 Å². The first-order chi connectivity index (χ1) is 17.4. The molecule has 0 bridgehead atoms. The first-order valence-electron chi connectivity index (χ1n) is 11.7. The van der Waals surface area contributed by atoms with Crippen LogP contribution in [0.4, 0.5) is 5.69 Å². The van der Waals surface area contributed by atoms with Crippen LogP contribution < -0.4 is 15.8 Å². The zero-order valence-electron chi connectivity index (χ0n) is 20.0. The van der Waals surface area contributed by atoms with Crippen LogP contribution in [-0.4, -0.2) is 63.6 Å². The highest BCUT2D eigenvalue weighted by Crippen LogP contribution is 2.39. The van der Waals surface area contributed by atoms with Crippen molar-refractivity contribution in [2.24, 2.45) is 5.73 Å². The lowest BCUT2D eigenvalue weighted by molar-refractivity contribution is 0.0340. The summed E-state index contributed by atoms with van der Waals surface area (Å²) >= 11 is 7.84. The van der Waals surface area contributed by atoms with Crippen LogP contribution in [0.3, 0.4) is 0 Å². The number of hydrogen-bond donors (Lipinski definition) is 2. The number of nitrogens with one attached hydrogen (secondary N) is 1. The highest BCUT2D eigenvalue weighted by atomic mass is 35.5. The normalized spacial score (nSPS) is 14.4. The number of morpholine rings is 1. The summed E-state index contributed by atoms with van der Waals surface area (Å²) in [4.78, 5) is 32.8. The molecule has 188 valence electrons. The number of halogens is 1. The van der Waals surface area contributed by atoms with Crippen molar-refractivity contribution in [3.63, 3.8) is 0 Å². The Labute approximate surface area is 216 Å². The summed E-state index contributed by atoms with van der Waals surface area (Å²) in [6.07, 6.45) is 2.42. The molecular formula is C24H26ClN7O3S. The highest BCUT2D eigenvalue weighted by Gasteiger charge is 2.21. The second-order valence-electron chi connectivity index (χ2n) is 8.46. The van der Waals surface area contributed by atoms with E-state index in [9.17, 15) is 4.79 Å². The van der Waals surface area contributed by atoms with Crippen LogP contribution in [0, 0.1) is 6.92 Å². The maximum absolute atomic E-state index is 12.0. The lowest BCUT2D eigenvalue weighted by atomic mass is 10.1. The van der Waals surface area contributed by atoms with Crippen LogP contribution in [0.2, 0.25) is 5.15 Å². The summed E-state index contributed by atoms with van der Waals surface area (Å²) in [7, 11) is 0. The molecule has 1 amide bonds. The average Bonchev–Trinajstić information content (AvgIpc) is 3.25. The topological polar surface area (TPSA) is 128 Å². The lowest BCUT2D eigenvalue weighted by Crippen LogP contribution is -2.36. The molecule has 1 aliphatic heterocycles. The van der Waals surface area contributed by atoms with Gasteiger partial charge in [-0.1, -0.05) is 18.5 Å². The number of thiophene rings is 1. The van der Waals surface area contributed by atoms with E-state index in [1.165, 1.54) is 17.5 Å². The third-order valence-electron chi connectivity index (χ3n) is 5.94. The molecule has 0 atom stereocenters. The van der Waals surface area contributed by atoms with E-state index in [4.69, 9.17) is 26.8 Å². The van der Waals surface area contributed by atoms with Crippen molar-refractivity contribution in [2.45, 2.75) is 26.8 Å². The Kier molecular flexibility index (Phi) is 7.15. The van der Waals surface area contributed by atoms with E-state index in [0.29, 0.717) is 53.1 Å². The molecule has 1 saturated heterocycles. The Hall–Kier alpha value is -3.12. The van der Waals surface area contributed by atoms with Crippen LogP contribution in [0.5, 0.6) is 11.9 Å². The highest BCUT2D eigenvalue weighted by molar-refractivity contribution is 7.21. The maximum atomic E-state index is 12.0. The van der Waals surface area contributed by atoms with Gasteiger partial charge in [0.05, 0.1) is 41.8 Å². The van der Waals surface area contributed by atoms with Crippen molar-refractivity contribution in [3.05, 3.63) is 39.6 Å². The number of carbonyl (C=O) groups excluding carboxylic acids is 1. The molecule has 36 heavy (non-hydrogen) atoms. The molecule has 10 nitrogen and oxygen atoms in total. The molecule has 4 aromatic rings. The Morgan fingerprint density at radius 2 is 2.08 bits per heavy atom. The lowest BCUT2D eigenvalue weighted by Gasteiger charge is -2.27. The second-order valence-corrected chi connectivity index (χ2v) is 9.87. The average molecular weight is 528 g/mol. The first-order valence-corrected chi connectivity index (χ1v) is 12.9. The first kappa shape index (κ1) is 24.6. The zero-order chi connectivity index (χ0) is 25.2. The number of rotatable bonds is 8. The summed E-state index contributed by atoms with van der Waals surface area (Å²) in [5.74, 6) is -0.232. The van der Waals surface area contributed by atoms with Gasteiger partial charge < -0.3 is 20.5 Å². The molecule has 0 unspecified atom stereocenters. The standard InChI is InChI=1S/C24H26ClN7O3S/c1-3-6-27-20-18-16(36-21(20)23(26)33)5-4-15-19(18)28-11-17(30-15)35-24-29-13(2)14(22(25)31-24)12-32-7-9-34-10-8-32/h4-5,11,27H,3,6-10,12H2,1-2H3,(H2,26,33). The molecule has 3 N–H and O–H groups in total. The van der Waals surface area contributed by atoms with Crippen molar-refractivity contribution in [3.8, 4) is 11.9 Å². The quantitative estimate of drug-likeness (QED) is 0.325. The molecule has 12 heteroatoms. The fraction of sp³-hybridized carbons (Fsp3) is 0.375. The van der Waals surface area contributed by atoms with Gasteiger partial charge in [0, 0.05) is 41.8 Å². The Morgan fingerprint density at radius 1 is 1.28 bits per heavy atom. The van der Waals surface area contributed by atoms with E-state index in [-0.39, 0.29) is 11.9 Å². The van der Waals surface area contributed by atoms with Gasteiger partial charge in [0.1, 0.15) is 10.0 Å². The van der Waals surface area contributed by atoms with E-state index in [0.717, 1.165) is 40.9 Å². The summed E-state index contributed by atoms with van der Waals surface area (Å²) in [6.45, 7) is 8.39. The number of amides is 1. The predicted molar refractivity (Wildman–Crippen MR) is 140 cm³/mol. The number of ether oxygens (including phenoxy) is 2. The molecule has 0 spiro atoms. The summed E-state index contributed by atoms with van der Waals surface area (Å²) < 4.78 is 12.2. The number of primary amides is 1. The monoisotopic (exact) mass is 527 g/mol. The molecule has 5 rings (SSSR count). The number of nitrogens with zero attached hydrogens (tertiary/aromatic N) is 5. The van der Waals surface area contributed by atoms with E-state index in [2.05, 4.69) is 37.1 Å². The minimum absolute atomic E-state index is 0.106. The van der Waals surface area contributed by atoms with Crippen LogP contribution in [-0.2, 0) is 11.3 Å². The second kappa shape index (κ2) is 10.5. The van der Waals surface area contributed by atoms with E-state index in [1.807, 2.05) is 19.1 Å². The molecule has 1 fully saturated rings. The minimum Gasteiger partial charge on any atom is -0.403 e. The summed E-state index contributed by atoms with van der Waals surface area (Å²) in [5.41, 5.74) is 9.20.